The number of hydrogen-bond acceptors (Lipinski definition) is 5. The van der Waals surface area contributed by atoms with Crippen LogP contribution in [-0.4, -0.2) is 55.9 Å². The highest BCUT2D eigenvalue weighted by Crippen LogP contribution is 2.45. The first-order valence-electron chi connectivity index (χ1n) is 13.2. The molecule has 1 heterocycles. The predicted octanol–water partition coefficient (Wildman–Crippen LogP) is 5.95. The van der Waals surface area contributed by atoms with Crippen molar-refractivity contribution in [1.29, 1.82) is 0 Å². The molecule has 1 amide bonds. The number of hydrazone groups is 1. The average Bonchev–Trinajstić information content (AvgIpc) is 3.33. The molecular formula is C32H34N4O3. The summed E-state index contributed by atoms with van der Waals surface area (Å²) in [6, 6.07) is 22.7. The first kappa shape index (κ1) is 26.2. The molecule has 7 heteroatoms. The molecule has 1 fully saturated rings. The fourth-order valence-electron chi connectivity index (χ4n) is 5.52. The van der Waals surface area contributed by atoms with E-state index in [0.717, 1.165) is 53.0 Å². The molecule has 1 saturated carbocycles. The molecule has 5 rings (SSSR count). The SMILES string of the molecule is CN(C)c1ccc(/C=C2\CCCC3C2=NN(C(=O)c2ccccc2C(=O)O)C3c2ccc(N(C)C)cc2)cc1. The number of carboxylic acids is 1. The van der Waals surface area contributed by atoms with Crippen molar-refractivity contribution in [3.63, 3.8) is 0 Å². The molecule has 1 aliphatic carbocycles. The number of carbonyl (C=O) groups is 2. The lowest BCUT2D eigenvalue weighted by Crippen LogP contribution is -2.32. The second-order valence-corrected chi connectivity index (χ2v) is 10.6. The molecular weight excluding hydrogens is 488 g/mol. The minimum absolute atomic E-state index is 0.0176. The third-order valence-corrected chi connectivity index (χ3v) is 7.60. The number of carboxylic acid groups (broad SMARTS) is 1. The highest BCUT2D eigenvalue weighted by atomic mass is 16.4. The van der Waals surface area contributed by atoms with Gasteiger partial charge in [-0.2, -0.15) is 5.10 Å². The standard InChI is InChI=1S/C32H34N4O3/c1-34(2)24-16-12-21(13-17-24)20-23-8-7-11-28-29(23)33-36(30(28)22-14-18-25(19-15-22)35(3)4)31(37)26-9-5-6-10-27(26)32(38)39/h5-6,9-10,12-20,28,30H,7-8,11H2,1-4H3,(H,38,39)/b23-20+. The highest BCUT2D eigenvalue weighted by Gasteiger charge is 2.44. The van der Waals surface area contributed by atoms with Crippen molar-refractivity contribution < 1.29 is 14.7 Å². The van der Waals surface area contributed by atoms with Crippen molar-refractivity contribution in [3.05, 3.63) is 101 Å². The fourth-order valence-corrected chi connectivity index (χ4v) is 5.52. The van der Waals surface area contributed by atoms with E-state index in [1.807, 2.05) is 45.2 Å². The summed E-state index contributed by atoms with van der Waals surface area (Å²) < 4.78 is 0. The molecule has 2 unspecified atom stereocenters. The van der Waals surface area contributed by atoms with E-state index in [9.17, 15) is 14.7 Å². The summed E-state index contributed by atoms with van der Waals surface area (Å²) in [4.78, 5) is 30.0. The summed E-state index contributed by atoms with van der Waals surface area (Å²) in [5.74, 6) is -1.50. The van der Waals surface area contributed by atoms with Gasteiger partial charge in [0.05, 0.1) is 22.9 Å². The Hall–Kier alpha value is -4.39. The predicted molar refractivity (Wildman–Crippen MR) is 157 cm³/mol. The molecule has 2 aliphatic rings. The maximum absolute atomic E-state index is 14.0. The lowest BCUT2D eigenvalue weighted by atomic mass is 9.77. The number of anilines is 2. The summed E-state index contributed by atoms with van der Waals surface area (Å²) in [7, 11) is 8.03. The van der Waals surface area contributed by atoms with Gasteiger partial charge in [0.2, 0.25) is 0 Å². The van der Waals surface area contributed by atoms with E-state index in [-0.39, 0.29) is 23.1 Å². The Kier molecular flexibility index (Phi) is 7.24. The van der Waals surface area contributed by atoms with Gasteiger partial charge < -0.3 is 14.9 Å². The Morgan fingerprint density at radius 2 is 1.46 bits per heavy atom. The summed E-state index contributed by atoms with van der Waals surface area (Å²) in [5, 5.41) is 16.2. The molecule has 0 spiro atoms. The Morgan fingerprint density at radius 1 is 0.872 bits per heavy atom. The average molecular weight is 523 g/mol. The smallest absolute Gasteiger partial charge is 0.336 e. The van der Waals surface area contributed by atoms with Crippen molar-refractivity contribution in [3.8, 4) is 0 Å². The number of aromatic carboxylic acids is 1. The normalized spacial score (nSPS) is 19.4. The molecule has 1 N–H and O–H groups in total. The summed E-state index contributed by atoms with van der Waals surface area (Å²) in [6.45, 7) is 0. The van der Waals surface area contributed by atoms with E-state index in [4.69, 9.17) is 5.10 Å². The van der Waals surface area contributed by atoms with Crippen LogP contribution in [0.15, 0.2) is 83.5 Å². The Labute approximate surface area is 229 Å². The van der Waals surface area contributed by atoms with Gasteiger partial charge in [-0.3, -0.25) is 4.79 Å². The molecule has 1 aliphatic heterocycles. The van der Waals surface area contributed by atoms with E-state index in [1.54, 1.807) is 18.2 Å². The van der Waals surface area contributed by atoms with Gasteiger partial charge in [0.15, 0.2) is 0 Å². The highest BCUT2D eigenvalue weighted by molar-refractivity contribution is 6.10. The number of amides is 1. The van der Waals surface area contributed by atoms with Crippen molar-refractivity contribution in [2.75, 3.05) is 38.0 Å². The van der Waals surface area contributed by atoms with Crippen molar-refractivity contribution >= 4 is 35.0 Å². The van der Waals surface area contributed by atoms with Crippen LogP contribution in [0.2, 0.25) is 0 Å². The molecule has 39 heavy (non-hydrogen) atoms. The van der Waals surface area contributed by atoms with Crippen molar-refractivity contribution in [1.82, 2.24) is 5.01 Å². The molecule has 3 aromatic rings. The van der Waals surface area contributed by atoms with E-state index in [0.29, 0.717) is 0 Å². The second-order valence-electron chi connectivity index (χ2n) is 10.6. The number of nitrogens with zero attached hydrogens (tertiary/aromatic N) is 4. The lowest BCUT2D eigenvalue weighted by molar-refractivity contribution is 0.0646. The van der Waals surface area contributed by atoms with E-state index >= 15 is 0 Å². The van der Waals surface area contributed by atoms with E-state index in [2.05, 4.69) is 47.4 Å². The fraction of sp³-hybridized carbons (Fsp3) is 0.281. The number of benzene rings is 3. The molecule has 3 aromatic carbocycles. The monoisotopic (exact) mass is 522 g/mol. The van der Waals surface area contributed by atoms with Gasteiger partial charge in [0, 0.05) is 45.5 Å². The Balaban J connectivity index is 1.58. The molecule has 0 aromatic heterocycles. The van der Waals surface area contributed by atoms with Crippen LogP contribution in [0.25, 0.3) is 6.08 Å². The van der Waals surface area contributed by atoms with Gasteiger partial charge in [-0.15, -0.1) is 0 Å². The van der Waals surface area contributed by atoms with Gasteiger partial charge >= 0.3 is 5.97 Å². The summed E-state index contributed by atoms with van der Waals surface area (Å²) in [6.07, 6.45) is 4.95. The van der Waals surface area contributed by atoms with Gasteiger partial charge in [-0.05, 0) is 78.4 Å². The Bertz CT molecular complexity index is 1440. The maximum Gasteiger partial charge on any atom is 0.336 e. The molecule has 200 valence electrons. The maximum atomic E-state index is 14.0. The van der Waals surface area contributed by atoms with Crippen molar-refractivity contribution in [2.45, 2.75) is 25.3 Å². The van der Waals surface area contributed by atoms with Gasteiger partial charge in [0.25, 0.3) is 5.91 Å². The minimum atomic E-state index is -1.13. The van der Waals surface area contributed by atoms with Gasteiger partial charge in [-0.25, -0.2) is 9.80 Å². The van der Waals surface area contributed by atoms with E-state index in [1.165, 1.54) is 11.1 Å². The first-order chi connectivity index (χ1) is 18.7. The first-order valence-corrected chi connectivity index (χ1v) is 13.2. The Morgan fingerprint density at radius 3 is 2.05 bits per heavy atom. The van der Waals surface area contributed by atoms with Crippen LogP contribution in [0.5, 0.6) is 0 Å². The third kappa shape index (κ3) is 5.17. The lowest BCUT2D eigenvalue weighted by Gasteiger charge is -2.30. The van der Waals surface area contributed by atoms with Crippen LogP contribution in [0.4, 0.5) is 11.4 Å². The molecule has 0 radical (unpaired) electrons. The van der Waals surface area contributed by atoms with Crippen LogP contribution in [0.3, 0.4) is 0 Å². The van der Waals surface area contributed by atoms with E-state index < -0.39 is 11.9 Å². The third-order valence-electron chi connectivity index (χ3n) is 7.60. The molecule has 2 atom stereocenters. The van der Waals surface area contributed by atoms with Gasteiger partial charge in [-0.1, -0.05) is 36.4 Å². The zero-order chi connectivity index (χ0) is 27.7. The largest absolute Gasteiger partial charge is 0.478 e. The van der Waals surface area contributed by atoms with Crippen LogP contribution >= 0.6 is 0 Å². The topological polar surface area (TPSA) is 76.4 Å². The number of carbonyl (C=O) groups excluding carboxylic acids is 1. The minimum Gasteiger partial charge on any atom is -0.478 e. The second kappa shape index (κ2) is 10.8. The number of allylic oxidation sites excluding steroid dienone is 1. The molecule has 7 nitrogen and oxygen atoms in total. The van der Waals surface area contributed by atoms with Crippen LogP contribution in [-0.2, 0) is 0 Å². The van der Waals surface area contributed by atoms with Crippen LogP contribution in [0.1, 0.15) is 57.1 Å². The van der Waals surface area contributed by atoms with Crippen LogP contribution < -0.4 is 9.80 Å². The number of rotatable bonds is 6. The molecule has 0 bridgehead atoms. The zero-order valence-electron chi connectivity index (χ0n) is 22.8. The summed E-state index contributed by atoms with van der Waals surface area (Å²) >= 11 is 0. The summed E-state index contributed by atoms with van der Waals surface area (Å²) in [5.41, 5.74) is 6.45. The van der Waals surface area contributed by atoms with Crippen LogP contribution in [0, 0.1) is 5.92 Å². The van der Waals surface area contributed by atoms with Crippen molar-refractivity contribution in [2.24, 2.45) is 11.0 Å². The molecule has 0 saturated heterocycles. The zero-order valence-corrected chi connectivity index (χ0v) is 22.8. The number of hydrogen-bond donors (Lipinski definition) is 1. The quantitative estimate of drug-likeness (QED) is 0.433. The van der Waals surface area contributed by atoms with Gasteiger partial charge in [0.1, 0.15) is 0 Å². The number of fused-ring (bicyclic) bond motifs is 1.